The number of carbonyl (C=O) groups excluding carboxylic acids is 1. The summed E-state index contributed by atoms with van der Waals surface area (Å²) < 4.78 is 0. The van der Waals surface area contributed by atoms with Crippen molar-refractivity contribution in [1.82, 2.24) is 15.1 Å². The molecule has 1 amide bonds. The summed E-state index contributed by atoms with van der Waals surface area (Å²) in [7, 11) is 1.96. The zero-order valence-corrected chi connectivity index (χ0v) is 12.0. The van der Waals surface area contributed by atoms with E-state index < -0.39 is 0 Å². The third-order valence-electron chi connectivity index (χ3n) is 4.53. The first-order valence-electron chi connectivity index (χ1n) is 7.23. The Morgan fingerprint density at radius 3 is 2.44 bits per heavy atom. The number of carbonyl (C=O) groups is 1. The lowest BCUT2D eigenvalue weighted by Crippen LogP contribution is -2.60. The highest BCUT2D eigenvalue weighted by atomic mass is 16.2. The lowest BCUT2D eigenvalue weighted by Gasteiger charge is -2.42. The zero-order chi connectivity index (χ0) is 13.2. The average molecular weight is 253 g/mol. The molecule has 0 radical (unpaired) electrons. The van der Waals surface area contributed by atoms with Crippen LogP contribution in [0.1, 0.15) is 33.1 Å². The van der Waals surface area contributed by atoms with Gasteiger partial charge in [0.05, 0.1) is 5.54 Å². The number of hydrogen-bond acceptors (Lipinski definition) is 3. The number of nitrogens with one attached hydrogen (secondary N) is 1. The minimum Gasteiger partial charge on any atom is -0.344 e. The van der Waals surface area contributed by atoms with Crippen LogP contribution in [0, 0.1) is 5.92 Å². The van der Waals surface area contributed by atoms with Crippen LogP contribution < -0.4 is 5.32 Å². The van der Waals surface area contributed by atoms with Gasteiger partial charge in [-0.1, -0.05) is 6.42 Å². The molecule has 1 aliphatic heterocycles. The number of rotatable bonds is 4. The molecule has 0 unspecified atom stereocenters. The Kier molecular flexibility index (Phi) is 4.28. The number of nitrogens with zero attached hydrogens (tertiary/aromatic N) is 2. The van der Waals surface area contributed by atoms with Crippen LogP contribution in [0.5, 0.6) is 0 Å². The Labute approximate surface area is 111 Å². The number of piperazine rings is 1. The third kappa shape index (κ3) is 2.86. The van der Waals surface area contributed by atoms with Gasteiger partial charge in [-0.25, -0.2) is 0 Å². The first-order chi connectivity index (χ1) is 8.51. The van der Waals surface area contributed by atoms with Crippen LogP contribution in [-0.4, -0.2) is 61.0 Å². The van der Waals surface area contributed by atoms with Crippen molar-refractivity contribution in [3.8, 4) is 0 Å². The van der Waals surface area contributed by atoms with Crippen LogP contribution in [0.2, 0.25) is 0 Å². The molecule has 4 heteroatoms. The highest BCUT2D eigenvalue weighted by Crippen LogP contribution is 2.28. The van der Waals surface area contributed by atoms with E-state index in [0.717, 1.165) is 38.6 Å². The maximum absolute atomic E-state index is 12.6. The molecule has 1 N–H and O–H groups in total. The zero-order valence-electron chi connectivity index (χ0n) is 12.0. The Bertz CT molecular complexity index is 293. The van der Waals surface area contributed by atoms with Gasteiger partial charge in [-0.15, -0.1) is 0 Å². The topological polar surface area (TPSA) is 35.6 Å². The molecule has 0 spiro atoms. The molecule has 104 valence electrons. The van der Waals surface area contributed by atoms with Gasteiger partial charge in [0.1, 0.15) is 0 Å². The molecule has 1 saturated heterocycles. The summed E-state index contributed by atoms with van der Waals surface area (Å²) >= 11 is 0. The molecule has 4 nitrogen and oxygen atoms in total. The lowest BCUT2D eigenvalue weighted by atomic mass is 9.85. The van der Waals surface area contributed by atoms with Gasteiger partial charge in [-0.2, -0.15) is 0 Å². The SMILES string of the molecule is CN(CC1CCC1)C(=O)C(C)(C)N1CCNCC1. The van der Waals surface area contributed by atoms with Crippen LogP contribution in [0.25, 0.3) is 0 Å². The van der Waals surface area contributed by atoms with Crippen LogP contribution in [-0.2, 0) is 4.79 Å². The fourth-order valence-electron chi connectivity index (χ4n) is 2.97. The van der Waals surface area contributed by atoms with Crippen molar-refractivity contribution in [2.45, 2.75) is 38.6 Å². The molecule has 1 saturated carbocycles. The monoisotopic (exact) mass is 253 g/mol. The molecule has 2 fully saturated rings. The summed E-state index contributed by atoms with van der Waals surface area (Å²) in [5.41, 5.74) is -0.361. The molecular weight excluding hydrogens is 226 g/mol. The van der Waals surface area contributed by atoms with Crippen molar-refractivity contribution in [2.75, 3.05) is 39.8 Å². The molecule has 1 aliphatic carbocycles. The van der Waals surface area contributed by atoms with Crippen molar-refractivity contribution >= 4 is 5.91 Å². The van der Waals surface area contributed by atoms with Crippen molar-refractivity contribution in [3.63, 3.8) is 0 Å². The number of likely N-dealkylation sites (N-methyl/N-ethyl adjacent to an activating group) is 1. The first-order valence-corrected chi connectivity index (χ1v) is 7.23. The maximum atomic E-state index is 12.6. The van der Waals surface area contributed by atoms with Gasteiger partial charge in [0.25, 0.3) is 0 Å². The molecule has 0 bridgehead atoms. The molecule has 0 aromatic heterocycles. The molecule has 0 aromatic rings. The second kappa shape index (κ2) is 5.57. The van der Waals surface area contributed by atoms with E-state index in [-0.39, 0.29) is 11.4 Å². The van der Waals surface area contributed by atoms with Crippen molar-refractivity contribution < 1.29 is 4.79 Å². The van der Waals surface area contributed by atoms with Gasteiger partial charge in [0.2, 0.25) is 5.91 Å². The second-order valence-electron chi connectivity index (χ2n) is 6.28. The normalized spacial score (nSPS) is 22.6. The first kappa shape index (κ1) is 13.8. The lowest BCUT2D eigenvalue weighted by molar-refractivity contribution is -0.142. The van der Waals surface area contributed by atoms with E-state index in [1.807, 2.05) is 11.9 Å². The largest absolute Gasteiger partial charge is 0.344 e. The van der Waals surface area contributed by atoms with Crippen LogP contribution in [0.15, 0.2) is 0 Å². The Morgan fingerprint density at radius 2 is 1.94 bits per heavy atom. The van der Waals surface area contributed by atoms with E-state index in [0.29, 0.717) is 0 Å². The fourth-order valence-corrected chi connectivity index (χ4v) is 2.97. The minimum absolute atomic E-state index is 0.274. The predicted octanol–water partition coefficient (Wildman–Crippen LogP) is 0.929. The van der Waals surface area contributed by atoms with E-state index in [9.17, 15) is 4.79 Å². The minimum atomic E-state index is -0.361. The summed E-state index contributed by atoms with van der Waals surface area (Å²) in [5, 5.41) is 3.34. The number of amides is 1. The molecule has 0 atom stereocenters. The van der Waals surface area contributed by atoms with Gasteiger partial charge >= 0.3 is 0 Å². The summed E-state index contributed by atoms with van der Waals surface area (Å²) in [4.78, 5) is 16.9. The average Bonchev–Trinajstić information content (AvgIpc) is 2.33. The van der Waals surface area contributed by atoms with E-state index in [4.69, 9.17) is 0 Å². The predicted molar refractivity (Wildman–Crippen MR) is 73.5 cm³/mol. The van der Waals surface area contributed by atoms with Crippen molar-refractivity contribution in [2.24, 2.45) is 5.92 Å². The molecular formula is C14H27N3O. The Hall–Kier alpha value is -0.610. The van der Waals surface area contributed by atoms with Crippen LogP contribution in [0.4, 0.5) is 0 Å². The van der Waals surface area contributed by atoms with E-state index >= 15 is 0 Å². The molecule has 2 rings (SSSR count). The van der Waals surface area contributed by atoms with Crippen molar-refractivity contribution in [1.29, 1.82) is 0 Å². The van der Waals surface area contributed by atoms with Gasteiger partial charge in [0.15, 0.2) is 0 Å². The van der Waals surface area contributed by atoms with Crippen LogP contribution >= 0.6 is 0 Å². The van der Waals surface area contributed by atoms with Gasteiger partial charge in [0, 0.05) is 39.8 Å². The van der Waals surface area contributed by atoms with E-state index in [1.54, 1.807) is 0 Å². The molecule has 18 heavy (non-hydrogen) atoms. The summed E-state index contributed by atoms with van der Waals surface area (Å²) in [6.45, 7) is 8.99. The quantitative estimate of drug-likeness (QED) is 0.809. The molecule has 2 aliphatic rings. The van der Waals surface area contributed by atoms with Crippen molar-refractivity contribution in [3.05, 3.63) is 0 Å². The van der Waals surface area contributed by atoms with E-state index in [2.05, 4.69) is 24.1 Å². The summed E-state index contributed by atoms with van der Waals surface area (Å²) in [6.07, 6.45) is 3.94. The standard InChI is InChI=1S/C14H27N3O/c1-14(2,17-9-7-15-8-10-17)13(18)16(3)11-12-5-4-6-12/h12,15H,4-11H2,1-3H3. The number of hydrogen-bond donors (Lipinski definition) is 1. The molecule has 1 heterocycles. The fraction of sp³-hybridized carbons (Fsp3) is 0.929. The van der Waals surface area contributed by atoms with Gasteiger partial charge in [-0.05, 0) is 32.6 Å². The van der Waals surface area contributed by atoms with Crippen LogP contribution in [0.3, 0.4) is 0 Å². The highest BCUT2D eigenvalue weighted by Gasteiger charge is 2.37. The summed E-state index contributed by atoms with van der Waals surface area (Å²) in [6, 6.07) is 0. The highest BCUT2D eigenvalue weighted by molar-refractivity contribution is 5.85. The summed E-state index contributed by atoms with van der Waals surface area (Å²) in [5.74, 6) is 1.02. The maximum Gasteiger partial charge on any atom is 0.242 e. The third-order valence-corrected chi connectivity index (χ3v) is 4.53. The van der Waals surface area contributed by atoms with Gasteiger partial charge in [-0.3, -0.25) is 9.69 Å². The Balaban J connectivity index is 1.91. The molecule has 0 aromatic carbocycles. The van der Waals surface area contributed by atoms with E-state index in [1.165, 1.54) is 19.3 Å². The smallest absolute Gasteiger partial charge is 0.242 e. The van der Waals surface area contributed by atoms with Gasteiger partial charge < -0.3 is 10.2 Å². The second-order valence-corrected chi connectivity index (χ2v) is 6.28. The Morgan fingerprint density at radius 1 is 1.33 bits per heavy atom.